The molecule has 1 saturated carbocycles. The lowest BCUT2D eigenvalue weighted by Crippen LogP contribution is -2.49. The van der Waals surface area contributed by atoms with E-state index in [1.807, 2.05) is 0 Å². The van der Waals surface area contributed by atoms with E-state index in [4.69, 9.17) is 9.47 Å². The molecule has 0 aromatic heterocycles. The molecule has 2 atom stereocenters. The van der Waals surface area contributed by atoms with E-state index in [2.05, 4.69) is 10.6 Å². The lowest BCUT2D eigenvalue weighted by Gasteiger charge is -2.20. The molecule has 0 amide bonds. The minimum atomic E-state index is -0.789. The molecule has 1 aliphatic heterocycles. The monoisotopic (exact) mass is 298 g/mol. The van der Waals surface area contributed by atoms with E-state index in [-0.39, 0.29) is 5.97 Å². The molecule has 2 N–H and O–H groups in total. The molecular formula is C14H22N2O5. The van der Waals surface area contributed by atoms with Crippen molar-refractivity contribution in [2.45, 2.75) is 57.2 Å². The molecule has 1 heterocycles. The van der Waals surface area contributed by atoms with Crippen molar-refractivity contribution >= 4 is 17.9 Å². The first-order chi connectivity index (χ1) is 9.98. The molecule has 7 nitrogen and oxygen atoms in total. The number of carbonyl (C=O) groups is 3. The zero-order valence-corrected chi connectivity index (χ0v) is 12.4. The van der Waals surface area contributed by atoms with E-state index in [9.17, 15) is 14.4 Å². The molecule has 0 radical (unpaired) electrons. The summed E-state index contributed by atoms with van der Waals surface area (Å²) in [4.78, 5) is 35.5. The maximum Gasteiger partial charge on any atom is 0.330 e. The molecule has 0 spiro atoms. The van der Waals surface area contributed by atoms with Gasteiger partial charge in [-0.3, -0.25) is 10.1 Å². The van der Waals surface area contributed by atoms with Crippen LogP contribution in [0.1, 0.15) is 39.5 Å². The van der Waals surface area contributed by atoms with Crippen LogP contribution >= 0.6 is 0 Å². The lowest BCUT2D eigenvalue weighted by atomic mass is 10.2. The number of nitrogens with one attached hydrogen (secondary N) is 2. The van der Waals surface area contributed by atoms with Gasteiger partial charge in [-0.1, -0.05) is 0 Å². The first-order valence-corrected chi connectivity index (χ1v) is 7.42. The van der Waals surface area contributed by atoms with E-state index in [0.717, 1.165) is 13.0 Å². The van der Waals surface area contributed by atoms with Gasteiger partial charge in [0.15, 0.2) is 0 Å². The van der Waals surface area contributed by atoms with E-state index in [1.54, 1.807) is 13.8 Å². The van der Waals surface area contributed by atoms with Gasteiger partial charge in [0.25, 0.3) is 0 Å². The van der Waals surface area contributed by atoms with Crippen LogP contribution in [0.5, 0.6) is 0 Å². The van der Waals surface area contributed by atoms with Crippen LogP contribution in [0.3, 0.4) is 0 Å². The molecular weight excluding hydrogens is 276 g/mol. The Kier molecular flexibility index (Phi) is 4.95. The minimum absolute atomic E-state index is 0.299. The van der Waals surface area contributed by atoms with Gasteiger partial charge in [0.1, 0.15) is 17.6 Å². The van der Waals surface area contributed by atoms with Crippen LogP contribution in [-0.2, 0) is 23.9 Å². The Hall–Kier alpha value is -1.47. The third-order valence-electron chi connectivity index (χ3n) is 3.81. The van der Waals surface area contributed by atoms with Crippen LogP contribution < -0.4 is 10.6 Å². The number of ether oxygens (including phenoxy) is 2. The van der Waals surface area contributed by atoms with E-state index in [1.165, 1.54) is 0 Å². The zero-order valence-electron chi connectivity index (χ0n) is 12.4. The van der Waals surface area contributed by atoms with E-state index >= 15 is 0 Å². The summed E-state index contributed by atoms with van der Waals surface area (Å²) < 4.78 is 9.84. The molecule has 2 rings (SSSR count). The van der Waals surface area contributed by atoms with Gasteiger partial charge in [0, 0.05) is 0 Å². The lowest BCUT2D eigenvalue weighted by molar-refractivity contribution is -0.162. The smallest absolute Gasteiger partial charge is 0.330 e. The first-order valence-electron chi connectivity index (χ1n) is 7.42. The fourth-order valence-electron chi connectivity index (χ4n) is 2.42. The third kappa shape index (κ3) is 3.79. The summed E-state index contributed by atoms with van der Waals surface area (Å²) in [5, 5.41) is 5.90. The van der Waals surface area contributed by atoms with Gasteiger partial charge < -0.3 is 14.8 Å². The quantitative estimate of drug-likeness (QED) is 0.521. The van der Waals surface area contributed by atoms with E-state index < -0.39 is 29.6 Å². The van der Waals surface area contributed by atoms with Gasteiger partial charge in [-0.25, -0.2) is 9.59 Å². The predicted molar refractivity (Wildman–Crippen MR) is 73.3 cm³/mol. The molecule has 2 fully saturated rings. The largest absolute Gasteiger partial charge is 0.465 e. The normalized spacial score (nSPS) is 24.2. The molecule has 2 aliphatic rings. The highest BCUT2D eigenvalue weighted by atomic mass is 16.6. The summed E-state index contributed by atoms with van der Waals surface area (Å²) in [5.41, 5.74) is -0.789. The Balaban J connectivity index is 1.82. The summed E-state index contributed by atoms with van der Waals surface area (Å²) in [5.74, 6) is -1.56. The van der Waals surface area contributed by atoms with Crippen molar-refractivity contribution in [3.05, 3.63) is 0 Å². The van der Waals surface area contributed by atoms with Crippen molar-refractivity contribution in [3.8, 4) is 0 Å². The van der Waals surface area contributed by atoms with Crippen molar-refractivity contribution in [2.75, 3.05) is 13.2 Å². The van der Waals surface area contributed by atoms with Crippen molar-refractivity contribution in [1.82, 2.24) is 10.6 Å². The van der Waals surface area contributed by atoms with Gasteiger partial charge in [-0.2, -0.15) is 0 Å². The minimum Gasteiger partial charge on any atom is -0.465 e. The average Bonchev–Trinajstić information content (AvgIpc) is 3.02. The predicted octanol–water partition coefficient (Wildman–Crippen LogP) is -0.118. The number of hydrogen-bond acceptors (Lipinski definition) is 7. The molecule has 1 aliphatic carbocycles. The molecule has 21 heavy (non-hydrogen) atoms. The van der Waals surface area contributed by atoms with Crippen molar-refractivity contribution < 1.29 is 23.9 Å². The Morgan fingerprint density at radius 3 is 2.62 bits per heavy atom. The summed E-state index contributed by atoms with van der Waals surface area (Å²) >= 11 is 0. The highest BCUT2D eigenvalue weighted by Crippen LogP contribution is 2.37. The average molecular weight is 298 g/mol. The van der Waals surface area contributed by atoms with Crippen LogP contribution in [0.25, 0.3) is 0 Å². The Bertz CT molecular complexity index is 427. The van der Waals surface area contributed by atoms with Crippen molar-refractivity contribution in [1.29, 1.82) is 0 Å². The molecule has 0 aromatic carbocycles. The van der Waals surface area contributed by atoms with E-state index in [0.29, 0.717) is 25.9 Å². The molecule has 118 valence electrons. The summed E-state index contributed by atoms with van der Waals surface area (Å²) in [6.07, 6.45) is 2.83. The maximum atomic E-state index is 11.9. The first kappa shape index (κ1) is 15.9. The van der Waals surface area contributed by atoms with Crippen LogP contribution in [0.15, 0.2) is 0 Å². The number of rotatable bonds is 6. The topological polar surface area (TPSA) is 93.7 Å². The highest BCUT2D eigenvalue weighted by Gasteiger charge is 2.52. The van der Waals surface area contributed by atoms with Crippen LogP contribution in [0.2, 0.25) is 0 Å². The zero-order chi connectivity index (χ0) is 15.5. The summed E-state index contributed by atoms with van der Waals surface area (Å²) in [6, 6.07) is -1.14. The second-order valence-electron chi connectivity index (χ2n) is 5.56. The molecule has 7 heteroatoms. The number of carbonyl (C=O) groups excluding carboxylic acids is 3. The Morgan fingerprint density at radius 1 is 1.38 bits per heavy atom. The molecule has 0 aromatic rings. The van der Waals surface area contributed by atoms with Crippen molar-refractivity contribution in [3.63, 3.8) is 0 Å². The van der Waals surface area contributed by atoms with Gasteiger partial charge in [-0.15, -0.1) is 0 Å². The van der Waals surface area contributed by atoms with Gasteiger partial charge in [0.2, 0.25) is 0 Å². The number of hydrogen-bond donors (Lipinski definition) is 2. The second kappa shape index (κ2) is 6.53. The van der Waals surface area contributed by atoms with Gasteiger partial charge >= 0.3 is 17.9 Å². The van der Waals surface area contributed by atoms with Crippen molar-refractivity contribution in [2.24, 2.45) is 0 Å². The molecule has 0 unspecified atom stereocenters. The summed E-state index contributed by atoms with van der Waals surface area (Å²) in [7, 11) is 0. The Labute approximate surface area is 123 Å². The SMILES string of the molecule is CCOC(=O)C1(N[C@@H](C)C(=O)OC(=O)[C@@H]2CCCN2)CC1. The van der Waals surface area contributed by atoms with Crippen LogP contribution in [0.4, 0.5) is 0 Å². The second-order valence-corrected chi connectivity index (χ2v) is 5.56. The fourth-order valence-corrected chi connectivity index (χ4v) is 2.42. The third-order valence-corrected chi connectivity index (χ3v) is 3.81. The van der Waals surface area contributed by atoms with Gasteiger partial charge in [-0.05, 0) is 46.1 Å². The summed E-state index contributed by atoms with van der Waals surface area (Å²) in [6.45, 7) is 4.37. The van der Waals surface area contributed by atoms with Crippen LogP contribution in [0, 0.1) is 0 Å². The standard InChI is InChI=1S/C14H22N2O5/c1-3-20-13(19)14(6-7-14)16-9(2)11(17)21-12(18)10-5-4-8-15-10/h9-10,15-16H,3-8H2,1-2H3/t9-,10-/m0/s1. The Morgan fingerprint density at radius 2 is 2.10 bits per heavy atom. The molecule has 1 saturated heterocycles. The van der Waals surface area contributed by atoms with Crippen LogP contribution in [-0.4, -0.2) is 48.7 Å². The van der Waals surface area contributed by atoms with Gasteiger partial charge in [0.05, 0.1) is 6.61 Å². The number of esters is 3. The maximum absolute atomic E-state index is 11.9. The highest BCUT2D eigenvalue weighted by molar-refractivity contribution is 5.92. The molecule has 0 bridgehead atoms. The fraction of sp³-hybridized carbons (Fsp3) is 0.786.